The number of carboxylic acids is 1. The lowest BCUT2D eigenvalue weighted by molar-refractivity contribution is -0.135. The molecule has 1 rings (SSSR count). The van der Waals surface area contributed by atoms with Gasteiger partial charge in [0.2, 0.25) is 0 Å². The van der Waals surface area contributed by atoms with Crippen molar-refractivity contribution < 1.29 is 14.7 Å². The first kappa shape index (κ1) is 10.2. The molecule has 0 amide bonds. The Morgan fingerprint density at radius 3 is 2.57 bits per heavy atom. The van der Waals surface area contributed by atoms with Gasteiger partial charge in [-0.05, 0) is 12.1 Å². The second kappa shape index (κ2) is 4.41. The molecule has 0 unspecified atom stereocenters. The summed E-state index contributed by atoms with van der Waals surface area (Å²) in [5, 5.41) is 11.3. The molecule has 1 aromatic carbocycles. The van der Waals surface area contributed by atoms with E-state index in [-0.39, 0.29) is 5.78 Å². The van der Waals surface area contributed by atoms with Gasteiger partial charge in [0.05, 0.1) is 0 Å². The van der Waals surface area contributed by atoms with Crippen LogP contribution < -0.4 is 5.32 Å². The number of Topliss-reactive ketones (excluding diaryl/α,β-unsaturated/α-hetero) is 1. The monoisotopic (exact) mass is 193 g/mol. The number of nitrogens with one attached hydrogen (secondary N) is 1. The highest BCUT2D eigenvalue weighted by molar-refractivity contribution is 6.08. The van der Waals surface area contributed by atoms with Gasteiger partial charge in [0.1, 0.15) is 6.42 Å². The van der Waals surface area contributed by atoms with Crippen molar-refractivity contribution in [2.45, 2.75) is 6.42 Å². The molecule has 0 aliphatic carbocycles. The van der Waals surface area contributed by atoms with Crippen molar-refractivity contribution in [1.29, 1.82) is 0 Å². The standard InChI is InChI=1S/C10H11NO3/c1-11-8-5-3-2-4-7(8)9(12)6-10(13)14/h2-5,11H,6H2,1H3,(H,13,14). The number of aliphatic carboxylic acids is 1. The van der Waals surface area contributed by atoms with E-state index in [1.165, 1.54) is 0 Å². The van der Waals surface area contributed by atoms with Gasteiger partial charge in [-0.15, -0.1) is 0 Å². The molecule has 4 nitrogen and oxygen atoms in total. The quantitative estimate of drug-likeness (QED) is 0.560. The highest BCUT2D eigenvalue weighted by Crippen LogP contribution is 2.15. The van der Waals surface area contributed by atoms with Gasteiger partial charge < -0.3 is 10.4 Å². The third-order valence-electron chi connectivity index (χ3n) is 1.81. The highest BCUT2D eigenvalue weighted by Gasteiger charge is 2.13. The molecule has 14 heavy (non-hydrogen) atoms. The summed E-state index contributed by atoms with van der Waals surface area (Å²) in [4.78, 5) is 21.8. The first-order valence-corrected chi connectivity index (χ1v) is 4.17. The fraction of sp³-hybridized carbons (Fsp3) is 0.200. The minimum atomic E-state index is -1.11. The number of carboxylic acid groups (broad SMARTS) is 1. The fourth-order valence-corrected chi connectivity index (χ4v) is 1.18. The summed E-state index contributed by atoms with van der Waals surface area (Å²) in [5.41, 5.74) is 1.07. The second-order valence-corrected chi connectivity index (χ2v) is 2.79. The van der Waals surface area contributed by atoms with Gasteiger partial charge in [0.25, 0.3) is 0 Å². The highest BCUT2D eigenvalue weighted by atomic mass is 16.4. The maximum absolute atomic E-state index is 11.4. The molecule has 0 spiro atoms. The molecule has 0 bridgehead atoms. The minimum absolute atomic E-state index is 0.387. The van der Waals surface area contributed by atoms with E-state index in [1.807, 2.05) is 0 Å². The lowest BCUT2D eigenvalue weighted by Gasteiger charge is -2.05. The summed E-state index contributed by atoms with van der Waals surface area (Å²) in [6.45, 7) is 0. The number of hydrogen-bond acceptors (Lipinski definition) is 3. The molecule has 1 aromatic rings. The number of ketones is 1. The van der Waals surface area contributed by atoms with Gasteiger partial charge in [-0.2, -0.15) is 0 Å². The predicted molar refractivity (Wildman–Crippen MR) is 52.6 cm³/mol. The topological polar surface area (TPSA) is 66.4 Å². The van der Waals surface area contributed by atoms with Crippen molar-refractivity contribution in [3.05, 3.63) is 29.8 Å². The van der Waals surface area contributed by atoms with E-state index < -0.39 is 12.4 Å². The van der Waals surface area contributed by atoms with Crippen LogP contribution in [-0.2, 0) is 4.79 Å². The van der Waals surface area contributed by atoms with Crippen LogP contribution in [0.15, 0.2) is 24.3 Å². The number of para-hydroxylation sites is 1. The molecule has 2 N–H and O–H groups in total. The van der Waals surface area contributed by atoms with Crippen molar-refractivity contribution in [2.24, 2.45) is 0 Å². The van der Waals surface area contributed by atoms with Gasteiger partial charge >= 0.3 is 5.97 Å². The van der Waals surface area contributed by atoms with Gasteiger partial charge in [0.15, 0.2) is 5.78 Å². The molecule has 0 atom stereocenters. The van der Waals surface area contributed by atoms with Crippen LogP contribution in [0, 0.1) is 0 Å². The Bertz CT molecular complexity index is 360. The largest absolute Gasteiger partial charge is 0.481 e. The number of carbonyl (C=O) groups excluding carboxylic acids is 1. The maximum Gasteiger partial charge on any atom is 0.311 e. The van der Waals surface area contributed by atoms with E-state index in [9.17, 15) is 9.59 Å². The van der Waals surface area contributed by atoms with Gasteiger partial charge in [0, 0.05) is 18.3 Å². The van der Waals surface area contributed by atoms with Crippen LogP contribution >= 0.6 is 0 Å². The van der Waals surface area contributed by atoms with Crippen LogP contribution in [-0.4, -0.2) is 23.9 Å². The third-order valence-corrected chi connectivity index (χ3v) is 1.81. The molecular formula is C10H11NO3. The van der Waals surface area contributed by atoms with E-state index >= 15 is 0 Å². The van der Waals surface area contributed by atoms with Crippen molar-refractivity contribution in [2.75, 3.05) is 12.4 Å². The summed E-state index contributed by atoms with van der Waals surface area (Å²) in [6.07, 6.45) is -0.474. The van der Waals surface area contributed by atoms with Crippen LogP contribution in [0.1, 0.15) is 16.8 Å². The Hall–Kier alpha value is -1.84. The predicted octanol–water partition coefficient (Wildman–Crippen LogP) is 1.39. The average Bonchev–Trinajstić information content (AvgIpc) is 2.16. The Labute approximate surface area is 81.6 Å². The molecular weight excluding hydrogens is 182 g/mol. The molecule has 0 saturated carbocycles. The van der Waals surface area contributed by atoms with Gasteiger partial charge in [-0.3, -0.25) is 9.59 Å². The smallest absolute Gasteiger partial charge is 0.311 e. The molecule has 0 fully saturated rings. The minimum Gasteiger partial charge on any atom is -0.481 e. The SMILES string of the molecule is CNc1ccccc1C(=O)CC(=O)O. The van der Waals surface area contributed by atoms with Crippen LogP contribution in [0.5, 0.6) is 0 Å². The van der Waals surface area contributed by atoms with Crippen LogP contribution in [0.25, 0.3) is 0 Å². The van der Waals surface area contributed by atoms with Crippen molar-refractivity contribution in [1.82, 2.24) is 0 Å². The summed E-state index contributed by atoms with van der Waals surface area (Å²) >= 11 is 0. The van der Waals surface area contributed by atoms with E-state index in [1.54, 1.807) is 31.3 Å². The van der Waals surface area contributed by atoms with Crippen molar-refractivity contribution in [3.63, 3.8) is 0 Å². The Morgan fingerprint density at radius 2 is 2.00 bits per heavy atom. The number of rotatable bonds is 4. The Balaban J connectivity index is 2.94. The fourth-order valence-electron chi connectivity index (χ4n) is 1.18. The third kappa shape index (κ3) is 2.32. The van der Waals surface area contributed by atoms with E-state index in [4.69, 9.17) is 5.11 Å². The van der Waals surface area contributed by atoms with Crippen molar-refractivity contribution >= 4 is 17.4 Å². The first-order chi connectivity index (χ1) is 6.65. The normalized spacial score (nSPS) is 9.50. The number of anilines is 1. The second-order valence-electron chi connectivity index (χ2n) is 2.79. The van der Waals surface area contributed by atoms with E-state index in [2.05, 4.69) is 5.32 Å². The zero-order valence-electron chi connectivity index (χ0n) is 7.78. The van der Waals surface area contributed by atoms with Crippen molar-refractivity contribution in [3.8, 4) is 0 Å². The molecule has 0 aromatic heterocycles. The Morgan fingerprint density at radius 1 is 1.36 bits per heavy atom. The maximum atomic E-state index is 11.4. The number of carbonyl (C=O) groups is 2. The zero-order valence-corrected chi connectivity index (χ0v) is 7.78. The molecule has 74 valence electrons. The molecule has 0 aliphatic rings. The first-order valence-electron chi connectivity index (χ1n) is 4.17. The lowest BCUT2D eigenvalue weighted by atomic mass is 10.1. The Kier molecular flexibility index (Phi) is 3.23. The summed E-state index contributed by atoms with van der Waals surface area (Å²) in [6, 6.07) is 6.82. The molecule has 0 aliphatic heterocycles. The molecule has 4 heteroatoms. The summed E-state index contributed by atoms with van der Waals surface area (Å²) < 4.78 is 0. The van der Waals surface area contributed by atoms with Crippen LogP contribution in [0.2, 0.25) is 0 Å². The zero-order chi connectivity index (χ0) is 10.6. The average molecular weight is 193 g/mol. The van der Waals surface area contributed by atoms with E-state index in [0.717, 1.165) is 0 Å². The van der Waals surface area contributed by atoms with E-state index in [0.29, 0.717) is 11.3 Å². The summed E-state index contributed by atoms with van der Waals surface area (Å²) in [5.74, 6) is -1.50. The summed E-state index contributed by atoms with van der Waals surface area (Å²) in [7, 11) is 1.69. The number of benzene rings is 1. The van der Waals surface area contributed by atoms with Crippen LogP contribution in [0.3, 0.4) is 0 Å². The molecule has 0 radical (unpaired) electrons. The lowest BCUT2D eigenvalue weighted by Crippen LogP contribution is -2.09. The van der Waals surface area contributed by atoms with Gasteiger partial charge in [-0.25, -0.2) is 0 Å². The van der Waals surface area contributed by atoms with Gasteiger partial charge in [-0.1, -0.05) is 12.1 Å². The van der Waals surface area contributed by atoms with Crippen LogP contribution in [0.4, 0.5) is 5.69 Å². The number of hydrogen-bond donors (Lipinski definition) is 2. The molecule has 0 saturated heterocycles. The molecule has 0 heterocycles.